The molecule has 0 aromatic carbocycles. The first-order valence-electron chi connectivity index (χ1n) is 4.62. The average molecular weight is 163 g/mol. The van der Waals surface area contributed by atoms with Crippen LogP contribution in [0.2, 0.25) is 0 Å². The van der Waals surface area contributed by atoms with Gasteiger partial charge in [0.1, 0.15) is 0 Å². The van der Waals surface area contributed by atoms with Gasteiger partial charge in [0.15, 0.2) is 0 Å². The molecule has 0 bridgehead atoms. The van der Waals surface area contributed by atoms with Crippen LogP contribution in [-0.4, -0.2) is 13.1 Å². The quantitative estimate of drug-likeness (QED) is 0.379. The van der Waals surface area contributed by atoms with Gasteiger partial charge in [-0.05, 0) is 12.8 Å². The third kappa shape index (κ3) is 2.12. The minimum Gasteiger partial charge on any atom is -0.312 e. The molecule has 1 fully saturated rings. The van der Waals surface area contributed by atoms with Gasteiger partial charge >= 0.3 is 0 Å². The summed E-state index contributed by atoms with van der Waals surface area (Å²) in [6.07, 6.45) is 12.4. The molecule has 1 rings (SSSR count). The fourth-order valence-corrected chi connectivity index (χ4v) is 1.84. The van der Waals surface area contributed by atoms with Crippen LogP contribution < -0.4 is 5.32 Å². The van der Waals surface area contributed by atoms with Gasteiger partial charge in [-0.2, -0.15) is 0 Å². The van der Waals surface area contributed by atoms with Crippen LogP contribution in [0.4, 0.5) is 0 Å². The second-order valence-corrected chi connectivity index (χ2v) is 3.55. The van der Waals surface area contributed by atoms with Crippen LogP contribution in [-0.2, 0) is 0 Å². The summed E-state index contributed by atoms with van der Waals surface area (Å²) in [5.41, 5.74) is 0.156. The van der Waals surface area contributed by atoms with E-state index in [1.54, 1.807) is 0 Å². The summed E-state index contributed by atoms with van der Waals surface area (Å²) >= 11 is 0. The predicted octanol–water partition coefficient (Wildman–Crippen LogP) is 1.96. The van der Waals surface area contributed by atoms with Crippen LogP contribution in [0.15, 0.2) is 12.7 Å². The molecule has 0 saturated heterocycles. The van der Waals surface area contributed by atoms with Crippen molar-refractivity contribution in [3.63, 3.8) is 0 Å². The lowest BCUT2D eigenvalue weighted by Gasteiger charge is -2.22. The fraction of sp³-hybridized carbons (Fsp3) is 0.636. The Morgan fingerprint density at radius 2 is 2.17 bits per heavy atom. The Balaban J connectivity index is 2.35. The van der Waals surface area contributed by atoms with Gasteiger partial charge in [0.2, 0.25) is 0 Å². The molecule has 0 atom stereocenters. The van der Waals surface area contributed by atoms with Crippen molar-refractivity contribution in [2.75, 3.05) is 13.1 Å². The van der Waals surface area contributed by atoms with E-state index in [0.717, 1.165) is 13.1 Å². The number of hydrogen-bond acceptors (Lipinski definition) is 1. The van der Waals surface area contributed by atoms with Gasteiger partial charge in [-0.3, -0.25) is 0 Å². The highest BCUT2D eigenvalue weighted by Gasteiger charge is 2.30. The van der Waals surface area contributed by atoms with Crippen LogP contribution in [0.1, 0.15) is 25.7 Å². The Hall–Kier alpha value is -0.740. The minimum atomic E-state index is 0.156. The van der Waals surface area contributed by atoms with Crippen molar-refractivity contribution in [3.8, 4) is 12.3 Å². The molecule has 0 heterocycles. The molecule has 1 aliphatic rings. The molecule has 1 saturated carbocycles. The fourth-order valence-electron chi connectivity index (χ4n) is 1.84. The van der Waals surface area contributed by atoms with Crippen molar-refractivity contribution in [3.05, 3.63) is 12.7 Å². The molecule has 0 radical (unpaired) electrons. The molecular weight excluding hydrogens is 146 g/mol. The van der Waals surface area contributed by atoms with Gasteiger partial charge in [0.05, 0.1) is 0 Å². The molecule has 12 heavy (non-hydrogen) atoms. The maximum absolute atomic E-state index is 5.54. The molecule has 0 unspecified atom stereocenters. The summed E-state index contributed by atoms with van der Waals surface area (Å²) in [5.74, 6) is 2.94. The number of rotatable bonds is 4. The van der Waals surface area contributed by atoms with Gasteiger partial charge in [-0.1, -0.05) is 24.8 Å². The first-order chi connectivity index (χ1) is 5.83. The normalized spacial score (nSPS) is 20.2. The van der Waals surface area contributed by atoms with Gasteiger partial charge in [-0.15, -0.1) is 13.0 Å². The van der Waals surface area contributed by atoms with Crippen molar-refractivity contribution >= 4 is 0 Å². The first-order valence-corrected chi connectivity index (χ1v) is 4.62. The lowest BCUT2D eigenvalue weighted by molar-refractivity contribution is 0.392. The highest BCUT2D eigenvalue weighted by molar-refractivity contribution is 5.09. The average Bonchev–Trinajstić information content (AvgIpc) is 2.55. The Kier molecular flexibility index (Phi) is 3.37. The molecule has 0 amide bonds. The van der Waals surface area contributed by atoms with E-state index in [1.807, 2.05) is 6.08 Å². The third-order valence-electron chi connectivity index (χ3n) is 2.62. The minimum absolute atomic E-state index is 0.156. The molecule has 1 aliphatic carbocycles. The summed E-state index contributed by atoms with van der Waals surface area (Å²) in [7, 11) is 0. The molecule has 0 aliphatic heterocycles. The standard InChI is InChI=1S/C11H17N/c1-3-9-12-10-11(4-2)7-5-6-8-11/h2-3,12H,1,5-10H2. The molecule has 0 spiro atoms. The molecule has 1 heteroatoms. The summed E-state index contributed by atoms with van der Waals surface area (Å²) < 4.78 is 0. The van der Waals surface area contributed by atoms with Gasteiger partial charge in [-0.25, -0.2) is 0 Å². The summed E-state index contributed by atoms with van der Waals surface area (Å²) in [5, 5.41) is 3.31. The molecular formula is C11H17N. The van der Waals surface area contributed by atoms with E-state index < -0.39 is 0 Å². The Bertz CT molecular complexity index is 182. The van der Waals surface area contributed by atoms with Crippen LogP contribution in [0.25, 0.3) is 0 Å². The summed E-state index contributed by atoms with van der Waals surface area (Å²) in [4.78, 5) is 0. The van der Waals surface area contributed by atoms with E-state index in [1.165, 1.54) is 25.7 Å². The van der Waals surface area contributed by atoms with E-state index in [-0.39, 0.29) is 5.41 Å². The van der Waals surface area contributed by atoms with Crippen LogP contribution in [0.3, 0.4) is 0 Å². The Morgan fingerprint density at radius 1 is 1.50 bits per heavy atom. The zero-order chi connectivity index (χ0) is 8.86. The van der Waals surface area contributed by atoms with Crippen LogP contribution in [0.5, 0.6) is 0 Å². The zero-order valence-electron chi connectivity index (χ0n) is 7.60. The van der Waals surface area contributed by atoms with Crippen molar-refractivity contribution in [1.29, 1.82) is 0 Å². The molecule has 0 aromatic heterocycles. The molecule has 1 N–H and O–H groups in total. The Labute approximate surface area is 75.2 Å². The topological polar surface area (TPSA) is 12.0 Å². The largest absolute Gasteiger partial charge is 0.312 e. The van der Waals surface area contributed by atoms with E-state index >= 15 is 0 Å². The van der Waals surface area contributed by atoms with Crippen molar-refractivity contribution in [2.45, 2.75) is 25.7 Å². The highest BCUT2D eigenvalue weighted by Crippen LogP contribution is 2.36. The smallest absolute Gasteiger partial charge is 0.0436 e. The summed E-state index contributed by atoms with van der Waals surface area (Å²) in [6.45, 7) is 5.48. The summed E-state index contributed by atoms with van der Waals surface area (Å²) in [6, 6.07) is 0. The zero-order valence-corrected chi connectivity index (χ0v) is 7.60. The van der Waals surface area contributed by atoms with Crippen molar-refractivity contribution in [2.24, 2.45) is 5.41 Å². The highest BCUT2D eigenvalue weighted by atomic mass is 14.9. The van der Waals surface area contributed by atoms with Gasteiger partial charge < -0.3 is 5.32 Å². The van der Waals surface area contributed by atoms with E-state index in [0.29, 0.717) is 0 Å². The van der Waals surface area contributed by atoms with Gasteiger partial charge in [0, 0.05) is 18.5 Å². The van der Waals surface area contributed by atoms with Gasteiger partial charge in [0.25, 0.3) is 0 Å². The van der Waals surface area contributed by atoms with Crippen molar-refractivity contribution < 1.29 is 0 Å². The van der Waals surface area contributed by atoms with Crippen molar-refractivity contribution in [1.82, 2.24) is 5.32 Å². The van der Waals surface area contributed by atoms with Crippen LogP contribution >= 0.6 is 0 Å². The molecule has 0 aromatic rings. The predicted molar refractivity (Wildman–Crippen MR) is 52.8 cm³/mol. The maximum atomic E-state index is 5.54. The lowest BCUT2D eigenvalue weighted by Crippen LogP contribution is -2.30. The lowest BCUT2D eigenvalue weighted by atomic mass is 9.87. The second kappa shape index (κ2) is 4.33. The third-order valence-corrected chi connectivity index (χ3v) is 2.62. The number of nitrogens with one attached hydrogen (secondary N) is 1. The van der Waals surface area contributed by atoms with Crippen LogP contribution in [0, 0.1) is 17.8 Å². The SMILES string of the molecule is C#CC1(CNCC=C)CCCC1. The molecule has 1 nitrogen and oxygen atoms in total. The van der Waals surface area contributed by atoms with E-state index in [4.69, 9.17) is 6.42 Å². The number of terminal acetylenes is 1. The van der Waals surface area contributed by atoms with E-state index in [9.17, 15) is 0 Å². The van der Waals surface area contributed by atoms with E-state index in [2.05, 4.69) is 17.8 Å². The maximum Gasteiger partial charge on any atom is 0.0436 e. The Morgan fingerprint density at radius 3 is 2.67 bits per heavy atom. The monoisotopic (exact) mass is 163 g/mol. The number of hydrogen-bond donors (Lipinski definition) is 1. The second-order valence-electron chi connectivity index (χ2n) is 3.55. The first kappa shape index (κ1) is 9.35. The molecule has 66 valence electrons.